The fraction of sp³-hybridized carbons (Fsp3) is 0.625. The predicted octanol–water partition coefficient (Wildman–Crippen LogP) is 4.89. The molecule has 0 radical (unpaired) electrons. The number of benzene rings is 1. The number of para-hydroxylation sites is 1. The van der Waals surface area contributed by atoms with Gasteiger partial charge in [-0.3, -0.25) is 14.2 Å². The van der Waals surface area contributed by atoms with Gasteiger partial charge in [-0.25, -0.2) is 4.98 Å². The second kappa shape index (κ2) is 9.13. The first-order chi connectivity index (χ1) is 14.5. The minimum absolute atomic E-state index is 0.0340. The number of hydrogen-bond acceptors (Lipinski definition) is 4. The molecule has 0 N–H and O–H groups in total. The largest absolute Gasteiger partial charge is 0.342 e. The molecule has 1 aliphatic heterocycles. The lowest BCUT2D eigenvalue weighted by Crippen LogP contribution is -2.40. The van der Waals surface area contributed by atoms with Crippen LogP contribution < -0.4 is 5.56 Å². The summed E-state index contributed by atoms with van der Waals surface area (Å²) in [6.45, 7) is 8.19. The van der Waals surface area contributed by atoms with Gasteiger partial charge in [0, 0.05) is 19.1 Å². The van der Waals surface area contributed by atoms with Crippen LogP contribution in [0.1, 0.15) is 65.3 Å². The molecule has 2 aromatic rings. The average molecular weight is 428 g/mol. The summed E-state index contributed by atoms with van der Waals surface area (Å²) < 4.78 is 1.92. The van der Waals surface area contributed by atoms with Crippen LogP contribution >= 0.6 is 11.8 Å². The fourth-order valence-corrected chi connectivity index (χ4v) is 6.05. The summed E-state index contributed by atoms with van der Waals surface area (Å²) in [6.07, 6.45) is 6.70. The molecule has 1 amide bonds. The Hall–Kier alpha value is -1.82. The number of hydrogen-bond donors (Lipinski definition) is 0. The molecular formula is C24H33N3O2S. The lowest BCUT2D eigenvalue weighted by molar-refractivity contribution is -0.131. The van der Waals surface area contributed by atoms with Crippen LogP contribution in [0.5, 0.6) is 0 Å². The first-order valence-electron chi connectivity index (χ1n) is 11.4. The van der Waals surface area contributed by atoms with Gasteiger partial charge in [0.25, 0.3) is 5.56 Å². The zero-order chi connectivity index (χ0) is 21.3. The molecular weight excluding hydrogens is 394 g/mol. The van der Waals surface area contributed by atoms with Crippen LogP contribution in [0.15, 0.2) is 34.2 Å². The van der Waals surface area contributed by atoms with Gasteiger partial charge in [0.2, 0.25) is 5.91 Å². The molecule has 4 rings (SSSR count). The summed E-state index contributed by atoms with van der Waals surface area (Å²) in [5, 5.41) is 1.11. The molecule has 2 heterocycles. The molecule has 6 heteroatoms. The third-order valence-corrected chi connectivity index (χ3v) is 8.12. The number of thioether (sulfide) groups is 1. The second-order valence-corrected chi connectivity index (χ2v) is 10.4. The van der Waals surface area contributed by atoms with Crippen molar-refractivity contribution in [1.82, 2.24) is 14.5 Å². The van der Waals surface area contributed by atoms with Crippen LogP contribution in [0.2, 0.25) is 0 Å². The summed E-state index contributed by atoms with van der Waals surface area (Å²) in [5.41, 5.74) is 0.752. The third kappa shape index (κ3) is 4.16. The highest BCUT2D eigenvalue weighted by Gasteiger charge is 2.32. The molecule has 30 heavy (non-hydrogen) atoms. The molecule has 4 atom stereocenters. The Morgan fingerprint density at radius 3 is 2.60 bits per heavy atom. The Morgan fingerprint density at radius 1 is 1.10 bits per heavy atom. The summed E-state index contributed by atoms with van der Waals surface area (Å²) in [6, 6.07) is 7.72. The van der Waals surface area contributed by atoms with Gasteiger partial charge < -0.3 is 4.90 Å². The quantitative estimate of drug-likeness (QED) is 0.515. The van der Waals surface area contributed by atoms with E-state index >= 15 is 0 Å². The molecule has 1 aromatic heterocycles. The molecule has 0 bridgehead atoms. The maximum Gasteiger partial charge on any atom is 0.262 e. The number of carbonyl (C=O) groups is 1. The number of likely N-dealkylation sites (tertiary alicyclic amines) is 1. The predicted molar refractivity (Wildman–Crippen MR) is 123 cm³/mol. The molecule has 1 saturated carbocycles. The third-order valence-electron chi connectivity index (χ3n) is 7.07. The van der Waals surface area contributed by atoms with Crippen molar-refractivity contribution in [2.75, 3.05) is 13.1 Å². The highest BCUT2D eigenvalue weighted by molar-refractivity contribution is 8.00. The Balaban J connectivity index is 1.72. The SMILES string of the molecule is C[C@@H]1[C@@H](C)CCC[C@@H]1n1c(S[C@@H](C)C(=O)N2CCCCC2)nc2ccccc2c1=O. The maximum absolute atomic E-state index is 13.6. The number of piperidine rings is 1. The maximum atomic E-state index is 13.6. The summed E-state index contributed by atoms with van der Waals surface area (Å²) in [4.78, 5) is 33.5. The minimum atomic E-state index is -0.251. The molecule has 1 saturated heterocycles. The Kier molecular flexibility index (Phi) is 6.51. The zero-order valence-electron chi connectivity index (χ0n) is 18.3. The van der Waals surface area contributed by atoms with Crippen LogP contribution in [-0.2, 0) is 4.79 Å². The zero-order valence-corrected chi connectivity index (χ0v) is 19.2. The first kappa shape index (κ1) is 21.4. The molecule has 0 spiro atoms. The van der Waals surface area contributed by atoms with E-state index in [1.807, 2.05) is 40.7 Å². The van der Waals surface area contributed by atoms with Crippen molar-refractivity contribution in [2.45, 2.75) is 75.7 Å². The van der Waals surface area contributed by atoms with Gasteiger partial charge in [0.05, 0.1) is 16.2 Å². The number of fused-ring (bicyclic) bond motifs is 1. The fourth-order valence-electron chi connectivity index (χ4n) is 5.00. The Morgan fingerprint density at radius 2 is 1.83 bits per heavy atom. The minimum Gasteiger partial charge on any atom is -0.342 e. The van der Waals surface area contributed by atoms with Gasteiger partial charge in [0.15, 0.2) is 5.16 Å². The topological polar surface area (TPSA) is 55.2 Å². The van der Waals surface area contributed by atoms with E-state index in [9.17, 15) is 9.59 Å². The first-order valence-corrected chi connectivity index (χ1v) is 12.3. The van der Waals surface area contributed by atoms with Crippen molar-refractivity contribution in [1.29, 1.82) is 0 Å². The monoisotopic (exact) mass is 427 g/mol. The number of aromatic nitrogens is 2. The summed E-state index contributed by atoms with van der Waals surface area (Å²) in [7, 11) is 0. The van der Waals surface area contributed by atoms with Gasteiger partial charge >= 0.3 is 0 Å². The second-order valence-electron chi connectivity index (χ2n) is 9.07. The van der Waals surface area contributed by atoms with Crippen LogP contribution in [0, 0.1) is 11.8 Å². The Bertz CT molecular complexity index is 967. The Labute approximate surface area is 183 Å². The standard InChI is InChI=1S/C24H33N3O2S/c1-16-10-9-13-21(17(16)2)27-23(29)19-11-5-6-12-20(19)25-24(27)30-18(3)22(28)26-14-7-4-8-15-26/h5-6,11-12,16-18,21H,4,7-10,13-15H2,1-3H3/t16-,17+,18-,21-/m0/s1. The van der Waals surface area contributed by atoms with Gasteiger partial charge in [-0.1, -0.05) is 50.6 Å². The highest BCUT2D eigenvalue weighted by atomic mass is 32.2. The molecule has 162 valence electrons. The number of carbonyl (C=O) groups excluding carboxylic acids is 1. The summed E-state index contributed by atoms with van der Waals surface area (Å²) >= 11 is 1.46. The van der Waals surface area contributed by atoms with Crippen molar-refractivity contribution in [3.63, 3.8) is 0 Å². The number of rotatable bonds is 4. The van der Waals surface area contributed by atoms with E-state index in [2.05, 4.69) is 13.8 Å². The normalized spacial score (nSPS) is 26.0. The molecule has 1 aliphatic carbocycles. The van der Waals surface area contributed by atoms with E-state index in [4.69, 9.17) is 4.98 Å². The molecule has 2 fully saturated rings. The summed E-state index contributed by atoms with van der Waals surface area (Å²) in [5.74, 6) is 1.15. The van der Waals surface area contributed by atoms with Crippen molar-refractivity contribution in [3.8, 4) is 0 Å². The van der Waals surface area contributed by atoms with E-state index in [1.54, 1.807) is 0 Å². The van der Waals surface area contributed by atoms with E-state index in [-0.39, 0.29) is 22.8 Å². The average Bonchev–Trinajstić information content (AvgIpc) is 2.76. The lowest BCUT2D eigenvalue weighted by Gasteiger charge is -2.36. The van der Waals surface area contributed by atoms with Crippen LogP contribution in [0.25, 0.3) is 10.9 Å². The smallest absolute Gasteiger partial charge is 0.262 e. The van der Waals surface area contributed by atoms with E-state index in [0.29, 0.717) is 22.4 Å². The van der Waals surface area contributed by atoms with Crippen molar-refractivity contribution >= 4 is 28.6 Å². The van der Waals surface area contributed by atoms with E-state index < -0.39 is 0 Å². The molecule has 2 aliphatic rings. The van der Waals surface area contributed by atoms with Crippen LogP contribution in [-0.4, -0.2) is 38.7 Å². The van der Waals surface area contributed by atoms with Gasteiger partial charge in [-0.05, 0) is 56.6 Å². The van der Waals surface area contributed by atoms with Crippen LogP contribution in [0.3, 0.4) is 0 Å². The van der Waals surface area contributed by atoms with Crippen molar-refractivity contribution in [3.05, 3.63) is 34.6 Å². The molecule has 1 aromatic carbocycles. The van der Waals surface area contributed by atoms with E-state index in [0.717, 1.165) is 44.3 Å². The number of nitrogens with zero attached hydrogens (tertiary/aromatic N) is 3. The van der Waals surface area contributed by atoms with Crippen molar-refractivity contribution in [2.24, 2.45) is 11.8 Å². The number of amides is 1. The lowest BCUT2D eigenvalue weighted by atomic mass is 9.78. The van der Waals surface area contributed by atoms with Crippen LogP contribution in [0.4, 0.5) is 0 Å². The van der Waals surface area contributed by atoms with Crippen molar-refractivity contribution < 1.29 is 4.79 Å². The van der Waals surface area contributed by atoms with Gasteiger partial charge in [0.1, 0.15) is 0 Å². The van der Waals surface area contributed by atoms with E-state index in [1.165, 1.54) is 24.6 Å². The van der Waals surface area contributed by atoms with Gasteiger partial charge in [-0.15, -0.1) is 0 Å². The van der Waals surface area contributed by atoms with Gasteiger partial charge in [-0.2, -0.15) is 0 Å². The molecule has 0 unspecified atom stereocenters. The molecule has 5 nitrogen and oxygen atoms in total. The highest BCUT2D eigenvalue weighted by Crippen LogP contribution is 2.39.